The van der Waals surface area contributed by atoms with Crippen LogP contribution in [0, 0.1) is 23.7 Å². The van der Waals surface area contributed by atoms with Crippen molar-refractivity contribution in [3.63, 3.8) is 0 Å². The number of carbonyl (C=O) groups is 5. The fourth-order valence-electron chi connectivity index (χ4n) is 8.30. The van der Waals surface area contributed by atoms with Gasteiger partial charge < -0.3 is 20.8 Å². The van der Waals surface area contributed by atoms with Crippen molar-refractivity contribution in [3.05, 3.63) is 22.8 Å². The first-order valence-electron chi connectivity index (χ1n) is 14.7. The van der Waals surface area contributed by atoms with E-state index in [1.165, 1.54) is 11.3 Å². The van der Waals surface area contributed by atoms with Crippen LogP contribution in [0.5, 0.6) is 5.75 Å². The highest BCUT2D eigenvalue weighted by Crippen LogP contribution is 2.52. The first kappa shape index (κ1) is 30.3. The van der Waals surface area contributed by atoms with E-state index in [9.17, 15) is 34.2 Å². The monoisotopic (exact) mass is 582 g/mol. The highest BCUT2D eigenvalue weighted by Gasteiger charge is 2.69. The normalized spacial score (nSPS) is 31.9. The molecule has 3 fully saturated rings. The second-order valence-electron chi connectivity index (χ2n) is 13.3. The second-order valence-corrected chi connectivity index (χ2v) is 13.3. The molecular formula is C31H42N4O7. The largest absolute Gasteiger partial charge is 0.507 e. The van der Waals surface area contributed by atoms with Crippen molar-refractivity contribution in [3.8, 4) is 5.75 Å². The number of aromatic hydroxyl groups is 1. The van der Waals surface area contributed by atoms with Crippen LogP contribution in [0.4, 0.5) is 5.69 Å². The number of nitrogens with zero attached hydrogens (tertiary/aromatic N) is 3. The number of benzene rings is 1. The molecule has 228 valence electrons. The number of aliphatic hydroxyl groups is 1. The van der Waals surface area contributed by atoms with Crippen LogP contribution in [0.3, 0.4) is 0 Å². The zero-order valence-corrected chi connectivity index (χ0v) is 25.3. The highest BCUT2D eigenvalue weighted by atomic mass is 16.3. The van der Waals surface area contributed by atoms with Crippen molar-refractivity contribution in [2.45, 2.75) is 69.7 Å². The summed E-state index contributed by atoms with van der Waals surface area (Å²) in [4.78, 5) is 72.9. The minimum atomic E-state index is -2.73. The third kappa shape index (κ3) is 4.15. The third-order valence-corrected chi connectivity index (χ3v) is 10.5. The Morgan fingerprint density at radius 3 is 2.24 bits per heavy atom. The maximum Gasteiger partial charge on any atom is 0.235 e. The zero-order chi connectivity index (χ0) is 31.0. The Labute approximate surface area is 246 Å². The number of likely N-dealkylation sites (N-methyl/N-ethyl adjacent to an activating group) is 1. The fourth-order valence-corrected chi connectivity index (χ4v) is 8.30. The summed E-state index contributed by atoms with van der Waals surface area (Å²) in [5.74, 6) is -10.3. The fraction of sp³-hybridized carbons (Fsp3) is 0.645. The SMILES string of the molecule is CCN(Cc1cc(O)c2c(c1N(C)C)C[C@H]1C[C@H]3[C@H](N(C)C)C(=O)C(C(N)=O)C(=O)[C@@]3(O)C(=O)C1C2=O)C1(C)CCC1. The van der Waals surface area contributed by atoms with Crippen molar-refractivity contribution >= 4 is 34.7 Å². The number of primary amides is 1. The molecule has 11 heteroatoms. The first-order valence-corrected chi connectivity index (χ1v) is 14.7. The Hall–Kier alpha value is -3.15. The van der Waals surface area contributed by atoms with Gasteiger partial charge in [0.2, 0.25) is 5.91 Å². The average Bonchev–Trinajstić information content (AvgIpc) is 2.87. The summed E-state index contributed by atoms with van der Waals surface area (Å²) in [5, 5.41) is 23.0. The van der Waals surface area contributed by atoms with Gasteiger partial charge in [0.15, 0.2) is 34.7 Å². The lowest BCUT2D eigenvalue weighted by Crippen LogP contribution is -2.74. The zero-order valence-electron chi connectivity index (χ0n) is 25.3. The third-order valence-electron chi connectivity index (χ3n) is 10.5. The van der Waals surface area contributed by atoms with E-state index in [2.05, 4.69) is 18.7 Å². The van der Waals surface area contributed by atoms with Gasteiger partial charge in [-0.25, -0.2) is 0 Å². The second kappa shape index (κ2) is 10.2. The van der Waals surface area contributed by atoms with Crippen LogP contribution < -0.4 is 10.6 Å². The number of hydrogen-bond donors (Lipinski definition) is 3. The lowest BCUT2D eigenvalue weighted by Gasteiger charge is -2.52. The minimum Gasteiger partial charge on any atom is -0.507 e. The maximum absolute atomic E-state index is 14.1. The van der Waals surface area contributed by atoms with Crippen molar-refractivity contribution in [1.82, 2.24) is 9.80 Å². The molecule has 11 nitrogen and oxygen atoms in total. The van der Waals surface area contributed by atoms with Gasteiger partial charge in [-0.1, -0.05) is 6.92 Å². The molecule has 42 heavy (non-hydrogen) atoms. The lowest BCUT2D eigenvalue weighted by molar-refractivity contribution is -0.181. The van der Waals surface area contributed by atoms with E-state index in [4.69, 9.17) is 5.73 Å². The summed E-state index contributed by atoms with van der Waals surface area (Å²) in [5.41, 5.74) is 5.05. The number of phenols is 1. The van der Waals surface area contributed by atoms with Crippen molar-refractivity contribution in [2.75, 3.05) is 39.6 Å². The molecule has 1 aromatic carbocycles. The number of nitrogens with two attached hydrogens (primary N) is 1. The molecule has 4 N–H and O–H groups in total. The molecule has 0 aliphatic heterocycles. The summed E-state index contributed by atoms with van der Waals surface area (Å²) in [6.07, 6.45) is 3.61. The van der Waals surface area contributed by atoms with Crippen LogP contribution in [0.2, 0.25) is 0 Å². The Bertz CT molecular complexity index is 1380. The Morgan fingerprint density at radius 2 is 1.74 bits per heavy atom. The van der Waals surface area contributed by atoms with Crippen molar-refractivity contribution in [1.29, 1.82) is 0 Å². The number of Topliss-reactive ketones (excluding diaryl/α,β-unsaturated/α-hetero) is 4. The summed E-state index contributed by atoms with van der Waals surface area (Å²) in [6, 6.07) is 0.471. The van der Waals surface area contributed by atoms with Gasteiger partial charge in [0.05, 0.1) is 17.5 Å². The van der Waals surface area contributed by atoms with Gasteiger partial charge in [0.1, 0.15) is 5.75 Å². The van der Waals surface area contributed by atoms with Crippen LogP contribution in [-0.4, -0.2) is 101 Å². The average molecular weight is 583 g/mol. The number of ketones is 4. The minimum absolute atomic E-state index is 0.0203. The molecule has 1 aromatic rings. The van der Waals surface area contributed by atoms with E-state index < -0.39 is 64.4 Å². The number of anilines is 1. The highest BCUT2D eigenvalue weighted by molar-refractivity contribution is 6.32. The molecule has 0 aromatic heterocycles. The molecule has 3 saturated carbocycles. The molecule has 0 heterocycles. The van der Waals surface area contributed by atoms with Crippen LogP contribution >= 0.6 is 0 Å². The Balaban J connectivity index is 1.62. The van der Waals surface area contributed by atoms with Crippen LogP contribution in [0.1, 0.15) is 61.0 Å². The summed E-state index contributed by atoms with van der Waals surface area (Å²) in [7, 11) is 6.91. The number of carbonyl (C=O) groups excluding carboxylic acids is 5. The molecule has 1 amide bonds. The molecule has 6 atom stereocenters. The van der Waals surface area contributed by atoms with Crippen LogP contribution in [0.15, 0.2) is 6.07 Å². The Morgan fingerprint density at radius 1 is 1.10 bits per heavy atom. The summed E-state index contributed by atoms with van der Waals surface area (Å²) in [6.45, 7) is 5.75. The number of amides is 1. The number of fused-ring (bicyclic) bond motifs is 3. The smallest absolute Gasteiger partial charge is 0.235 e. The van der Waals surface area contributed by atoms with E-state index in [0.29, 0.717) is 12.1 Å². The topological polar surface area (TPSA) is 162 Å². The summed E-state index contributed by atoms with van der Waals surface area (Å²) < 4.78 is 0. The van der Waals surface area contributed by atoms with Gasteiger partial charge in [-0.15, -0.1) is 0 Å². The van der Waals surface area contributed by atoms with E-state index in [1.54, 1.807) is 20.2 Å². The predicted octanol–water partition coefficient (Wildman–Crippen LogP) is 0.698. The first-order chi connectivity index (χ1) is 19.6. The van der Waals surface area contributed by atoms with E-state index >= 15 is 0 Å². The van der Waals surface area contributed by atoms with Gasteiger partial charge in [0.25, 0.3) is 0 Å². The molecule has 0 radical (unpaired) electrons. The van der Waals surface area contributed by atoms with Crippen molar-refractivity contribution < 1.29 is 34.2 Å². The number of hydrogen-bond acceptors (Lipinski definition) is 10. The van der Waals surface area contributed by atoms with E-state index in [1.807, 2.05) is 19.0 Å². The predicted molar refractivity (Wildman–Crippen MR) is 154 cm³/mol. The number of phenolic OH excluding ortho intramolecular Hbond substituents is 1. The van der Waals surface area contributed by atoms with Gasteiger partial charge in [-0.3, -0.25) is 33.8 Å². The standard InChI is InChI=1S/C31H42N4O7/c1-7-35(30(2)9-8-10-30)14-16-13-19(36)21-17(23(16)33(3)4)11-15-12-18-24(34(5)6)26(38)22(29(32)41)28(40)31(18,42)27(39)20(15)25(21)37/h13,15,18,20,22,24,36,42H,7-12,14H2,1-6H3,(H2,32,41)/t15-,18-,20?,22?,24-,31-/m0/s1. The number of rotatable bonds is 7. The quantitative estimate of drug-likeness (QED) is 0.390. The van der Waals surface area contributed by atoms with Gasteiger partial charge in [-0.05, 0) is 82.8 Å². The van der Waals surface area contributed by atoms with Gasteiger partial charge in [0, 0.05) is 37.8 Å². The molecule has 0 spiro atoms. The molecule has 0 saturated heterocycles. The molecule has 5 rings (SSSR count). The van der Waals surface area contributed by atoms with Crippen LogP contribution in [0.25, 0.3) is 0 Å². The van der Waals surface area contributed by atoms with Gasteiger partial charge in [-0.2, -0.15) is 0 Å². The molecule has 0 bridgehead atoms. The van der Waals surface area contributed by atoms with Crippen molar-refractivity contribution in [2.24, 2.45) is 29.4 Å². The maximum atomic E-state index is 14.1. The molecular weight excluding hydrogens is 540 g/mol. The molecule has 4 aliphatic carbocycles. The van der Waals surface area contributed by atoms with Gasteiger partial charge >= 0.3 is 0 Å². The molecule has 4 aliphatic rings. The Kier molecular flexibility index (Phi) is 7.39. The van der Waals surface area contributed by atoms with E-state index in [-0.39, 0.29) is 29.7 Å². The van der Waals surface area contributed by atoms with E-state index in [0.717, 1.165) is 30.6 Å². The van der Waals surface area contributed by atoms with Crippen LogP contribution in [-0.2, 0) is 32.1 Å². The molecule has 2 unspecified atom stereocenters. The lowest BCUT2D eigenvalue weighted by atomic mass is 9.52. The summed E-state index contributed by atoms with van der Waals surface area (Å²) >= 11 is 0.